The zero-order valence-corrected chi connectivity index (χ0v) is 28.0. The van der Waals surface area contributed by atoms with E-state index in [1.807, 2.05) is 48.5 Å². The Bertz CT molecular complexity index is 2040. The summed E-state index contributed by atoms with van der Waals surface area (Å²) in [4.78, 5) is 16.2. The van der Waals surface area contributed by atoms with Crippen molar-refractivity contribution in [2.75, 3.05) is 13.1 Å². The lowest BCUT2D eigenvalue weighted by atomic mass is 9.68. The van der Waals surface area contributed by atoms with Gasteiger partial charge in [0.05, 0.1) is 18.2 Å². The summed E-state index contributed by atoms with van der Waals surface area (Å²) in [5, 5.41) is 9.64. The van der Waals surface area contributed by atoms with E-state index in [-0.39, 0.29) is 12.0 Å². The zero-order chi connectivity index (χ0) is 33.4. The molecule has 5 aromatic carbocycles. The molecule has 4 atom stereocenters. The fourth-order valence-electron chi connectivity index (χ4n) is 7.48. The molecule has 3 aliphatic heterocycles. The minimum atomic E-state index is -1.44. The standard InChI is InChI=1S/C43H39N3O3/c1-30-22-24-35(25-23-30)39-40(36-18-9-5-10-19-36)44-48-42(39)29-46(32(3)34-16-7-4-8-17-34)28-38(27-33-15-13-14-31(2)26-33)43(42)47-41(45-49-43)37-20-11-6-12-21-37/h4-27,32,39H,28-29H2,1-3H3/b38-27+/t32-,39+,42+,43-/m1/s1. The van der Waals surface area contributed by atoms with Gasteiger partial charge < -0.3 is 14.4 Å². The van der Waals surface area contributed by atoms with Crippen LogP contribution in [0.2, 0.25) is 0 Å². The molecule has 0 N–H and O–H groups in total. The van der Waals surface area contributed by atoms with Crippen LogP contribution in [0.4, 0.5) is 0 Å². The first-order valence-electron chi connectivity index (χ1n) is 16.9. The molecule has 3 heterocycles. The molecule has 49 heavy (non-hydrogen) atoms. The van der Waals surface area contributed by atoms with Crippen LogP contribution < -0.4 is 0 Å². The number of rotatable bonds is 6. The van der Waals surface area contributed by atoms with Gasteiger partial charge in [-0.3, -0.25) is 4.90 Å². The molecule has 0 aliphatic carbocycles. The maximum atomic E-state index is 7.16. The first kappa shape index (κ1) is 30.8. The van der Waals surface area contributed by atoms with E-state index in [4.69, 9.17) is 19.6 Å². The molecule has 0 unspecified atom stereocenters. The van der Waals surface area contributed by atoms with Crippen molar-refractivity contribution in [2.45, 2.75) is 44.1 Å². The summed E-state index contributed by atoms with van der Waals surface area (Å²) in [5.41, 5.74) is 8.05. The molecule has 1 saturated heterocycles. The van der Waals surface area contributed by atoms with Crippen molar-refractivity contribution in [3.05, 3.63) is 184 Å². The van der Waals surface area contributed by atoms with Gasteiger partial charge in [0, 0.05) is 29.3 Å². The molecule has 6 heteroatoms. The molecule has 1 fully saturated rings. The number of hydrogen-bond acceptors (Lipinski definition) is 6. The van der Waals surface area contributed by atoms with Crippen molar-refractivity contribution >= 4 is 17.7 Å². The van der Waals surface area contributed by atoms with Crippen molar-refractivity contribution < 1.29 is 14.4 Å². The Kier molecular flexibility index (Phi) is 7.89. The predicted octanol–water partition coefficient (Wildman–Crippen LogP) is 8.83. The van der Waals surface area contributed by atoms with Gasteiger partial charge in [-0.1, -0.05) is 144 Å². The van der Waals surface area contributed by atoms with E-state index in [1.165, 1.54) is 16.7 Å². The Balaban J connectivity index is 1.36. The molecule has 0 amide bonds. The van der Waals surface area contributed by atoms with Gasteiger partial charge in [-0.2, -0.15) is 0 Å². The Labute approximate surface area is 287 Å². The van der Waals surface area contributed by atoms with E-state index in [9.17, 15) is 0 Å². The van der Waals surface area contributed by atoms with Crippen LogP contribution in [-0.2, 0) is 14.4 Å². The van der Waals surface area contributed by atoms with Crippen LogP contribution >= 0.6 is 0 Å². The Morgan fingerprint density at radius 1 is 0.714 bits per heavy atom. The minimum Gasteiger partial charge on any atom is -0.422 e. The molecule has 244 valence electrons. The average Bonchev–Trinajstić information content (AvgIpc) is 3.76. The number of nitrogens with zero attached hydrogens (tertiary/aromatic N) is 3. The Morgan fingerprint density at radius 3 is 2.08 bits per heavy atom. The predicted molar refractivity (Wildman–Crippen MR) is 194 cm³/mol. The molecule has 6 nitrogen and oxygen atoms in total. The highest BCUT2D eigenvalue weighted by Gasteiger charge is 2.74. The maximum absolute atomic E-state index is 7.16. The number of piperidine rings is 1. The number of aryl methyl sites for hydroxylation is 2. The number of fused-ring (bicyclic) bond motifs is 1. The van der Waals surface area contributed by atoms with Crippen LogP contribution in [0.3, 0.4) is 0 Å². The van der Waals surface area contributed by atoms with Gasteiger partial charge in [0.15, 0.2) is 0 Å². The quantitative estimate of drug-likeness (QED) is 0.185. The average molecular weight is 646 g/mol. The third kappa shape index (κ3) is 5.42. The van der Waals surface area contributed by atoms with Crippen molar-refractivity contribution in [1.29, 1.82) is 0 Å². The van der Waals surface area contributed by atoms with Gasteiger partial charge in [-0.05, 0) is 60.8 Å². The summed E-state index contributed by atoms with van der Waals surface area (Å²) < 4.78 is 7.16. The highest BCUT2D eigenvalue weighted by atomic mass is 16.8. The van der Waals surface area contributed by atoms with Gasteiger partial charge in [0.25, 0.3) is 5.90 Å². The lowest BCUT2D eigenvalue weighted by Gasteiger charge is -2.52. The van der Waals surface area contributed by atoms with E-state index < -0.39 is 11.4 Å². The highest BCUT2D eigenvalue weighted by Crippen LogP contribution is 2.57. The second-order valence-corrected chi connectivity index (χ2v) is 13.3. The maximum Gasteiger partial charge on any atom is 0.346 e. The van der Waals surface area contributed by atoms with E-state index in [0.29, 0.717) is 19.0 Å². The third-order valence-corrected chi connectivity index (χ3v) is 10.0. The van der Waals surface area contributed by atoms with Crippen molar-refractivity contribution in [3.8, 4) is 0 Å². The fourth-order valence-corrected chi connectivity index (χ4v) is 7.48. The number of hydrogen-bond donors (Lipinski definition) is 0. The van der Waals surface area contributed by atoms with Gasteiger partial charge >= 0.3 is 5.79 Å². The number of likely N-dealkylation sites (tertiary alicyclic amines) is 1. The lowest BCUT2D eigenvalue weighted by molar-refractivity contribution is -0.279. The van der Waals surface area contributed by atoms with Crippen molar-refractivity contribution in [3.63, 3.8) is 0 Å². The Morgan fingerprint density at radius 2 is 1.39 bits per heavy atom. The summed E-state index contributed by atoms with van der Waals surface area (Å²) in [7, 11) is 0. The smallest absolute Gasteiger partial charge is 0.346 e. The van der Waals surface area contributed by atoms with Crippen molar-refractivity contribution in [2.24, 2.45) is 10.3 Å². The van der Waals surface area contributed by atoms with Crippen LogP contribution in [0.5, 0.6) is 0 Å². The summed E-state index contributed by atoms with van der Waals surface area (Å²) in [6, 6.07) is 48.0. The second kappa shape index (κ2) is 12.5. The molecule has 0 radical (unpaired) electrons. The number of ether oxygens (including phenoxy) is 1. The lowest BCUT2D eigenvalue weighted by Crippen LogP contribution is -2.69. The van der Waals surface area contributed by atoms with Crippen LogP contribution in [0.1, 0.15) is 57.8 Å². The van der Waals surface area contributed by atoms with Gasteiger partial charge in [0.2, 0.25) is 5.60 Å². The van der Waals surface area contributed by atoms with Crippen LogP contribution in [0, 0.1) is 13.8 Å². The first-order valence-corrected chi connectivity index (χ1v) is 16.9. The molecule has 5 aromatic rings. The molecule has 8 rings (SSSR count). The van der Waals surface area contributed by atoms with Gasteiger partial charge in [-0.25, -0.2) is 0 Å². The summed E-state index contributed by atoms with van der Waals surface area (Å²) >= 11 is 0. The van der Waals surface area contributed by atoms with Crippen LogP contribution in [0.25, 0.3) is 6.08 Å². The van der Waals surface area contributed by atoms with E-state index >= 15 is 0 Å². The largest absolute Gasteiger partial charge is 0.422 e. The van der Waals surface area contributed by atoms with Crippen LogP contribution in [-0.4, -0.2) is 41.0 Å². The minimum absolute atomic E-state index is 0.0512. The molecule has 2 spiro atoms. The van der Waals surface area contributed by atoms with Crippen molar-refractivity contribution in [1.82, 2.24) is 4.90 Å². The Hall–Kier alpha value is -5.46. The van der Waals surface area contributed by atoms with Gasteiger partial charge in [0.1, 0.15) is 0 Å². The molecule has 0 bridgehead atoms. The summed E-state index contributed by atoms with van der Waals surface area (Å²) in [5.74, 6) is -1.39. The van der Waals surface area contributed by atoms with E-state index in [0.717, 1.165) is 33.5 Å². The van der Waals surface area contributed by atoms with E-state index in [2.05, 4.69) is 128 Å². The molecule has 0 aromatic heterocycles. The first-order chi connectivity index (χ1) is 24.0. The normalized spacial score (nSPS) is 24.6. The fraction of sp³-hybridized carbons (Fsp3) is 0.209. The number of oxime groups is 2. The second-order valence-electron chi connectivity index (χ2n) is 13.3. The molecule has 0 saturated carbocycles. The zero-order valence-electron chi connectivity index (χ0n) is 28.0. The highest BCUT2D eigenvalue weighted by molar-refractivity contribution is 6.07. The summed E-state index contributed by atoms with van der Waals surface area (Å²) in [6.07, 6.45) is 2.19. The third-order valence-electron chi connectivity index (χ3n) is 10.0. The summed E-state index contributed by atoms with van der Waals surface area (Å²) in [6.45, 7) is 7.49. The topological polar surface area (TPSA) is 55.7 Å². The number of benzene rings is 5. The molecular weight excluding hydrogens is 606 g/mol. The van der Waals surface area contributed by atoms with Crippen LogP contribution in [0.15, 0.2) is 155 Å². The van der Waals surface area contributed by atoms with Gasteiger partial charge in [-0.15, -0.1) is 0 Å². The molecular formula is C43H39N3O3. The monoisotopic (exact) mass is 645 g/mol. The van der Waals surface area contributed by atoms with E-state index in [1.54, 1.807) is 0 Å². The SMILES string of the molecule is Cc1ccc([C@H]2C(c3ccccc3)=NO[C@@]23CN([C@H](C)c2ccccc2)C/C(=C\c2cccc(C)c2)[C@@]32ON=C(c3ccccc3)O2)cc1. The molecule has 3 aliphatic rings.